The highest BCUT2D eigenvalue weighted by Gasteiger charge is 2.07. The van der Waals surface area contributed by atoms with E-state index in [0.29, 0.717) is 5.02 Å². The first-order chi connectivity index (χ1) is 9.20. The number of imidazole rings is 2. The normalized spacial score (nSPS) is 11.5. The highest BCUT2D eigenvalue weighted by atomic mass is 35.5. The second-order valence-electron chi connectivity index (χ2n) is 4.59. The maximum Gasteiger partial charge on any atom is 0.121 e. The Kier molecular flexibility index (Phi) is 3.23. The number of halogens is 1. The van der Waals surface area contributed by atoms with Gasteiger partial charge in [0.1, 0.15) is 5.82 Å². The van der Waals surface area contributed by atoms with Crippen LogP contribution in [0.15, 0.2) is 30.7 Å². The van der Waals surface area contributed by atoms with Crippen LogP contribution in [0.2, 0.25) is 5.02 Å². The molecule has 2 aromatic heterocycles. The lowest BCUT2D eigenvalue weighted by Crippen LogP contribution is -2.18. The summed E-state index contributed by atoms with van der Waals surface area (Å²) in [5.41, 5.74) is 2.99. The molecule has 0 fully saturated rings. The number of rotatable bonds is 4. The molecule has 0 atom stereocenters. The second-order valence-corrected chi connectivity index (χ2v) is 5.03. The number of aromatic amines is 2. The van der Waals surface area contributed by atoms with Crippen molar-refractivity contribution < 1.29 is 0 Å². The SMILES string of the molecule is CN(Cc1cnc[nH]1)Cc1nc2ccc(Cl)cc2[nH]1. The Morgan fingerprint density at radius 3 is 3.00 bits per heavy atom. The summed E-state index contributed by atoms with van der Waals surface area (Å²) in [6.07, 6.45) is 3.52. The third-order valence-electron chi connectivity index (χ3n) is 2.91. The summed E-state index contributed by atoms with van der Waals surface area (Å²) in [6.45, 7) is 1.54. The Balaban J connectivity index is 1.74. The van der Waals surface area contributed by atoms with Crippen molar-refractivity contribution in [3.05, 3.63) is 47.3 Å². The molecule has 98 valence electrons. The van der Waals surface area contributed by atoms with Crippen LogP contribution in [-0.2, 0) is 13.1 Å². The second kappa shape index (κ2) is 5.03. The molecule has 0 aliphatic heterocycles. The van der Waals surface area contributed by atoms with Gasteiger partial charge < -0.3 is 9.97 Å². The molecule has 1 aromatic carbocycles. The molecular weight excluding hydrogens is 262 g/mol. The van der Waals surface area contributed by atoms with Crippen LogP contribution in [0.25, 0.3) is 11.0 Å². The van der Waals surface area contributed by atoms with Gasteiger partial charge in [-0.1, -0.05) is 11.6 Å². The van der Waals surface area contributed by atoms with Crippen molar-refractivity contribution in [1.29, 1.82) is 0 Å². The number of hydrogen-bond acceptors (Lipinski definition) is 3. The summed E-state index contributed by atoms with van der Waals surface area (Å²) >= 11 is 5.96. The fourth-order valence-corrected chi connectivity index (χ4v) is 2.26. The molecule has 6 heteroatoms. The van der Waals surface area contributed by atoms with Gasteiger partial charge in [-0.2, -0.15) is 0 Å². The van der Waals surface area contributed by atoms with Gasteiger partial charge in [-0.3, -0.25) is 4.90 Å². The van der Waals surface area contributed by atoms with E-state index in [1.54, 1.807) is 6.33 Å². The topological polar surface area (TPSA) is 60.6 Å². The first-order valence-electron chi connectivity index (χ1n) is 6.00. The summed E-state index contributed by atoms with van der Waals surface area (Å²) in [5, 5.41) is 0.716. The molecule has 0 unspecified atom stereocenters. The van der Waals surface area contributed by atoms with Gasteiger partial charge in [0.05, 0.1) is 23.9 Å². The van der Waals surface area contributed by atoms with Crippen LogP contribution in [0, 0.1) is 0 Å². The van der Waals surface area contributed by atoms with Gasteiger partial charge in [-0.05, 0) is 25.2 Å². The van der Waals surface area contributed by atoms with Crippen molar-refractivity contribution in [2.75, 3.05) is 7.05 Å². The standard InChI is InChI=1S/C13H14ClN5/c1-19(6-10-5-15-8-16-10)7-13-17-11-3-2-9(14)4-12(11)18-13/h2-5,8H,6-7H2,1H3,(H,15,16)(H,17,18). The molecule has 0 spiro atoms. The van der Waals surface area contributed by atoms with Gasteiger partial charge in [0, 0.05) is 23.5 Å². The molecule has 5 nitrogen and oxygen atoms in total. The van der Waals surface area contributed by atoms with E-state index in [-0.39, 0.29) is 0 Å². The van der Waals surface area contributed by atoms with Crippen molar-refractivity contribution in [3.8, 4) is 0 Å². The average molecular weight is 276 g/mol. The fourth-order valence-electron chi connectivity index (χ4n) is 2.08. The molecule has 0 saturated carbocycles. The van der Waals surface area contributed by atoms with E-state index < -0.39 is 0 Å². The first-order valence-corrected chi connectivity index (χ1v) is 6.38. The van der Waals surface area contributed by atoms with E-state index in [0.717, 1.165) is 35.6 Å². The molecule has 0 saturated heterocycles. The minimum Gasteiger partial charge on any atom is -0.347 e. The number of benzene rings is 1. The van der Waals surface area contributed by atoms with Crippen molar-refractivity contribution in [1.82, 2.24) is 24.8 Å². The summed E-state index contributed by atoms with van der Waals surface area (Å²) < 4.78 is 0. The van der Waals surface area contributed by atoms with E-state index >= 15 is 0 Å². The predicted octanol–water partition coefficient (Wildman–Crippen LogP) is 2.57. The van der Waals surface area contributed by atoms with Crippen LogP contribution >= 0.6 is 11.6 Å². The molecule has 3 aromatic rings. The molecule has 2 heterocycles. The third kappa shape index (κ3) is 2.77. The smallest absolute Gasteiger partial charge is 0.121 e. The molecular formula is C13H14ClN5. The highest BCUT2D eigenvalue weighted by molar-refractivity contribution is 6.31. The molecule has 2 N–H and O–H groups in total. The van der Waals surface area contributed by atoms with Crippen molar-refractivity contribution >= 4 is 22.6 Å². The minimum atomic E-state index is 0.716. The molecule has 19 heavy (non-hydrogen) atoms. The van der Waals surface area contributed by atoms with Crippen LogP contribution in [0.4, 0.5) is 0 Å². The van der Waals surface area contributed by atoms with Crippen LogP contribution < -0.4 is 0 Å². The molecule has 0 aliphatic rings. The van der Waals surface area contributed by atoms with E-state index in [1.807, 2.05) is 31.4 Å². The summed E-state index contributed by atoms with van der Waals surface area (Å²) in [5.74, 6) is 0.930. The zero-order valence-corrected chi connectivity index (χ0v) is 11.3. The molecule has 0 amide bonds. The number of nitrogens with one attached hydrogen (secondary N) is 2. The van der Waals surface area contributed by atoms with Crippen LogP contribution in [0.5, 0.6) is 0 Å². The maximum absolute atomic E-state index is 5.96. The quantitative estimate of drug-likeness (QED) is 0.769. The third-order valence-corrected chi connectivity index (χ3v) is 3.14. The van der Waals surface area contributed by atoms with Crippen molar-refractivity contribution in [2.24, 2.45) is 0 Å². The van der Waals surface area contributed by atoms with Gasteiger partial charge in [0.2, 0.25) is 0 Å². The van der Waals surface area contributed by atoms with Crippen molar-refractivity contribution in [3.63, 3.8) is 0 Å². The largest absolute Gasteiger partial charge is 0.347 e. The van der Waals surface area contributed by atoms with Crippen LogP contribution in [0.3, 0.4) is 0 Å². The first kappa shape index (κ1) is 12.2. The van der Waals surface area contributed by atoms with E-state index in [2.05, 4.69) is 24.8 Å². The predicted molar refractivity (Wildman–Crippen MR) is 74.9 cm³/mol. The molecule has 0 bridgehead atoms. The Bertz CT molecular complexity index is 673. The lowest BCUT2D eigenvalue weighted by molar-refractivity contribution is 0.308. The van der Waals surface area contributed by atoms with Gasteiger partial charge in [-0.25, -0.2) is 9.97 Å². The Morgan fingerprint density at radius 2 is 2.21 bits per heavy atom. The van der Waals surface area contributed by atoms with E-state index in [9.17, 15) is 0 Å². The molecule has 0 radical (unpaired) electrons. The summed E-state index contributed by atoms with van der Waals surface area (Å²) in [4.78, 5) is 17.1. The lowest BCUT2D eigenvalue weighted by atomic mass is 10.3. The van der Waals surface area contributed by atoms with Gasteiger partial charge >= 0.3 is 0 Å². The average Bonchev–Trinajstić information content (AvgIpc) is 2.97. The monoisotopic (exact) mass is 275 g/mol. The van der Waals surface area contributed by atoms with Gasteiger partial charge in [0.25, 0.3) is 0 Å². The lowest BCUT2D eigenvalue weighted by Gasteiger charge is -2.13. The number of H-pyrrole nitrogens is 2. The summed E-state index contributed by atoms with van der Waals surface area (Å²) in [6, 6.07) is 5.66. The molecule has 0 aliphatic carbocycles. The van der Waals surface area contributed by atoms with Gasteiger partial charge in [-0.15, -0.1) is 0 Å². The fraction of sp³-hybridized carbons (Fsp3) is 0.231. The highest BCUT2D eigenvalue weighted by Crippen LogP contribution is 2.17. The van der Waals surface area contributed by atoms with E-state index in [1.165, 1.54) is 0 Å². The number of aromatic nitrogens is 4. The summed E-state index contributed by atoms with van der Waals surface area (Å²) in [7, 11) is 2.04. The van der Waals surface area contributed by atoms with Gasteiger partial charge in [0.15, 0.2) is 0 Å². The number of hydrogen-bond donors (Lipinski definition) is 2. The Labute approximate surface area is 115 Å². The Morgan fingerprint density at radius 1 is 1.32 bits per heavy atom. The number of fused-ring (bicyclic) bond motifs is 1. The zero-order chi connectivity index (χ0) is 13.2. The minimum absolute atomic E-state index is 0.716. The van der Waals surface area contributed by atoms with Crippen molar-refractivity contribution in [2.45, 2.75) is 13.1 Å². The maximum atomic E-state index is 5.96. The number of nitrogens with zero attached hydrogens (tertiary/aromatic N) is 3. The van der Waals surface area contributed by atoms with E-state index in [4.69, 9.17) is 11.6 Å². The Hall–Kier alpha value is -1.85. The zero-order valence-electron chi connectivity index (χ0n) is 10.5. The van der Waals surface area contributed by atoms with Crippen LogP contribution in [-0.4, -0.2) is 31.9 Å². The van der Waals surface area contributed by atoms with Crippen LogP contribution in [0.1, 0.15) is 11.5 Å². The molecule has 3 rings (SSSR count).